The van der Waals surface area contributed by atoms with Gasteiger partial charge in [-0.2, -0.15) is 13.2 Å². The third-order valence-corrected chi connectivity index (χ3v) is 7.05. The molecule has 0 aliphatic heterocycles. The van der Waals surface area contributed by atoms with Crippen molar-refractivity contribution in [1.29, 1.82) is 0 Å². The molecular formula is C37H38F3N3O4. The average molecular weight is 646 g/mol. The second kappa shape index (κ2) is 14.1. The zero-order valence-electron chi connectivity index (χ0n) is 27.3. The summed E-state index contributed by atoms with van der Waals surface area (Å²) in [5.74, 6) is 0.584. The van der Waals surface area contributed by atoms with Gasteiger partial charge in [0, 0.05) is 30.1 Å². The van der Waals surface area contributed by atoms with Crippen LogP contribution in [0.15, 0.2) is 89.4 Å². The van der Waals surface area contributed by atoms with Crippen molar-refractivity contribution in [2.75, 3.05) is 7.05 Å². The van der Waals surface area contributed by atoms with Gasteiger partial charge in [0.1, 0.15) is 17.3 Å². The number of allylic oxidation sites excluding steroid dienone is 3. The van der Waals surface area contributed by atoms with Gasteiger partial charge in [-0.05, 0) is 106 Å². The summed E-state index contributed by atoms with van der Waals surface area (Å²) in [4.78, 5) is 30.8. The Morgan fingerprint density at radius 2 is 1.74 bits per heavy atom. The van der Waals surface area contributed by atoms with E-state index in [1.165, 1.54) is 19.2 Å². The molecule has 47 heavy (non-hydrogen) atoms. The van der Waals surface area contributed by atoms with E-state index in [1.807, 2.05) is 52.0 Å². The molecule has 2 N–H and O–H groups in total. The number of rotatable bonds is 10. The average Bonchev–Trinajstić information content (AvgIpc) is 3.36. The van der Waals surface area contributed by atoms with E-state index in [9.17, 15) is 22.8 Å². The van der Waals surface area contributed by atoms with Crippen molar-refractivity contribution in [3.05, 3.63) is 107 Å². The van der Waals surface area contributed by atoms with Crippen LogP contribution in [0.4, 0.5) is 13.2 Å². The summed E-state index contributed by atoms with van der Waals surface area (Å²) in [6.07, 6.45) is -1.46. The zero-order chi connectivity index (χ0) is 34.5. The van der Waals surface area contributed by atoms with Crippen LogP contribution >= 0.6 is 0 Å². The maximum absolute atomic E-state index is 13.4. The number of carbonyl (C=O) groups is 2. The maximum atomic E-state index is 13.4. The van der Waals surface area contributed by atoms with E-state index < -0.39 is 30.5 Å². The Hall–Kier alpha value is -5.12. The van der Waals surface area contributed by atoms with Crippen molar-refractivity contribution in [2.24, 2.45) is 0 Å². The van der Waals surface area contributed by atoms with Crippen LogP contribution in [0, 0.1) is 6.92 Å². The van der Waals surface area contributed by atoms with Crippen LogP contribution in [0.25, 0.3) is 28.0 Å². The molecule has 2 aromatic heterocycles. The Bertz CT molecular complexity index is 1860. The molecular weight excluding hydrogens is 607 g/mol. The minimum absolute atomic E-state index is 0.0137. The van der Waals surface area contributed by atoms with Gasteiger partial charge in [0.15, 0.2) is 0 Å². The lowest BCUT2D eigenvalue weighted by Gasteiger charge is -2.21. The molecule has 0 aliphatic carbocycles. The highest BCUT2D eigenvalue weighted by Gasteiger charge is 2.29. The molecule has 0 bridgehead atoms. The molecule has 0 spiro atoms. The number of fused-ring (bicyclic) bond motifs is 1. The summed E-state index contributed by atoms with van der Waals surface area (Å²) < 4.78 is 52.2. The van der Waals surface area contributed by atoms with E-state index in [0.717, 1.165) is 5.56 Å². The van der Waals surface area contributed by atoms with Crippen molar-refractivity contribution in [3.8, 4) is 22.8 Å². The van der Waals surface area contributed by atoms with Gasteiger partial charge < -0.3 is 19.8 Å². The Morgan fingerprint density at radius 1 is 1.04 bits per heavy atom. The Morgan fingerprint density at radius 3 is 2.34 bits per heavy atom. The summed E-state index contributed by atoms with van der Waals surface area (Å²) in [5, 5.41) is 5.82. The number of hydrogen-bond donors (Lipinski definition) is 2. The molecule has 0 aliphatic rings. The lowest BCUT2D eigenvalue weighted by Crippen LogP contribution is -2.41. The summed E-state index contributed by atoms with van der Waals surface area (Å²) in [6.45, 7) is 12.8. The molecule has 4 aromatic rings. The van der Waals surface area contributed by atoms with E-state index in [-0.39, 0.29) is 34.2 Å². The number of nitrogens with one attached hydrogen (secondary N) is 2. The van der Waals surface area contributed by atoms with Crippen LogP contribution in [0.2, 0.25) is 0 Å². The fourth-order valence-corrected chi connectivity index (χ4v) is 4.93. The second-order valence-electron chi connectivity index (χ2n) is 12.2. The van der Waals surface area contributed by atoms with Crippen molar-refractivity contribution < 1.29 is 31.9 Å². The van der Waals surface area contributed by atoms with E-state index >= 15 is 0 Å². The second-order valence-corrected chi connectivity index (χ2v) is 12.2. The molecule has 2 amide bonds. The third-order valence-electron chi connectivity index (χ3n) is 7.05. The molecule has 0 saturated carbocycles. The van der Waals surface area contributed by atoms with Crippen LogP contribution in [0.1, 0.15) is 61.3 Å². The highest BCUT2D eigenvalue weighted by molar-refractivity contribution is 6.11. The summed E-state index contributed by atoms with van der Waals surface area (Å²) in [7, 11) is 1.47. The van der Waals surface area contributed by atoms with Gasteiger partial charge in [-0.1, -0.05) is 30.9 Å². The van der Waals surface area contributed by atoms with E-state index in [1.54, 1.807) is 43.3 Å². The van der Waals surface area contributed by atoms with Crippen LogP contribution in [-0.2, 0) is 11.2 Å². The van der Waals surface area contributed by atoms with Crippen LogP contribution < -0.4 is 15.4 Å². The number of benzene rings is 2. The van der Waals surface area contributed by atoms with Gasteiger partial charge >= 0.3 is 6.18 Å². The molecule has 7 nitrogen and oxygen atoms in total. The molecule has 0 radical (unpaired) electrons. The first-order valence-corrected chi connectivity index (χ1v) is 15.0. The smallest absolute Gasteiger partial charge is 0.389 e. The number of hydrogen-bond acceptors (Lipinski definition) is 5. The first kappa shape index (κ1) is 34.7. The molecule has 2 aromatic carbocycles. The fourth-order valence-electron chi connectivity index (χ4n) is 4.93. The highest BCUT2D eigenvalue weighted by Crippen LogP contribution is 2.37. The van der Waals surface area contributed by atoms with E-state index in [4.69, 9.17) is 9.15 Å². The van der Waals surface area contributed by atoms with Gasteiger partial charge in [-0.25, -0.2) is 4.98 Å². The predicted molar refractivity (Wildman–Crippen MR) is 178 cm³/mol. The standard InChI is InChI=1S/C37H38F3N3O4/c1-8-10-25(33(44)43-36(4,5)6)20-23(3)28-21-29-31(34(45)41-7)32(47-35(29)42-30(28)17-18-37(38,39)40)24-13-15-26(16-14-24)46-27-12-9-11-22(2)19-27/h8-16,19-21H,1,17-18H2,2-7H3,(H,41,45)(H,43,44)/b23-20+,25-10+. The highest BCUT2D eigenvalue weighted by atomic mass is 19.4. The molecule has 0 saturated heterocycles. The zero-order valence-corrected chi connectivity index (χ0v) is 27.3. The minimum Gasteiger partial charge on any atom is -0.457 e. The first-order valence-electron chi connectivity index (χ1n) is 15.0. The van der Waals surface area contributed by atoms with E-state index in [2.05, 4.69) is 22.2 Å². The van der Waals surface area contributed by atoms with E-state index in [0.29, 0.717) is 33.6 Å². The largest absolute Gasteiger partial charge is 0.457 e. The number of amides is 2. The van der Waals surface area contributed by atoms with Gasteiger partial charge in [-0.3, -0.25) is 9.59 Å². The van der Waals surface area contributed by atoms with Gasteiger partial charge in [-0.15, -0.1) is 0 Å². The third kappa shape index (κ3) is 9.00. The number of aromatic nitrogens is 1. The summed E-state index contributed by atoms with van der Waals surface area (Å²) >= 11 is 0. The first-order chi connectivity index (χ1) is 22.1. The number of nitrogens with zero attached hydrogens (tertiary/aromatic N) is 1. The molecule has 0 fully saturated rings. The molecule has 4 rings (SSSR count). The molecule has 246 valence electrons. The van der Waals surface area contributed by atoms with Crippen molar-refractivity contribution in [1.82, 2.24) is 15.6 Å². The predicted octanol–water partition coefficient (Wildman–Crippen LogP) is 8.88. The SMILES string of the molecule is C=C/C=C(\C=C(/C)c1cc2c(C(=O)NC)c(-c3ccc(Oc4cccc(C)c4)cc3)oc2nc1CCC(F)(F)F)C(=O)NC(C)(C)C. The fraction of sp³-hybridized carbons (Fsp3) is 0.270. The number of aryl methyl sites for hydroxylation is 2. The Labute approximate surface area is 272 Å². The molecule has 0 unspecified atom stereocenters. The lowest BCUT2D eigenvalue weighted by molar-refractivity contribution is -0.134. The Kier molecular flexibility index (Phi) is 10.4. The summed E-state index contributed by atoms with van der Waals surface area (Å²) in [5.41, 5.74) is 2.42. The van der Waals surface area contributed by atoms with Crippen molar-refractivity contribution >= 4 is 28.5 Å². The summed E-state index contributed by atoms with van der Waals surface area (Å²) in [6, 6.07) is 16.1. The number of halogens is 3. The lowest BCUT2D eigenvalue weighted by atomic mass is 9.97. The molecule has 10 heteroatoms. The normalized spacial score (nSPS) is 12.6. The number of furan rings is 1. The molecule has 0 atom stereocenters. The number of ether oxygens (including phenoxy) is 1. The molecule has 2 heterocycles. The number of alkyl halides is 3. The van der Waals surface area contributed by atoms with Crippen molar-refractivity contribution in [3.63, 3.8) is 0 Å². The minimum atomic E-state index is -4.43. The number of pyridine rings is 1. The number of carbonyl (C=O) groups excluding carboxylic acids is 2. The topological polar surface area (TPSA) is 93.5 Å². The van der Waals surface area contributed by atoms with Crippen LogP contribution in [0.5, 0.6) is 11.5 Å². The quantitative estimate of drug-likeness (QED) is 0.133. The van der Waals surface area contributed by atoms with Crippen LogP contribution in [-0.4, -0.2) is 35.6 Å². The van der Waals surface area contributed by atoms with Gasteiger partial charge in [0.25, 0.3) is 11.8 Å². The Balaban J connectivity index is 1.85. The van der Waals surface area contributed by atoms with Crippen molar-refractivity contribution in [2.45, 2.75) is 59.2 Å². The van der Waals surface area contributed by atoms with Crippen LogP contribution in [0.3, 0.4) is 0 Å². The monoisotopic (exact) mass is 645 g/mol. The maximum Gasteiger partial charge on any atom is 0.389 e. The van der Waals surface area contributed by atoms with Gasteiger partial charge in [0.05, 0.1) is 16.6 Å². The van der Waals surface area contributed by atoms with Gasteiger partial charge in [0.2, 0.25) is 5.71 Å².